The Morgan fingerprint density at radius 2 is 1.88 bits per heavy atom. The number of amides is 1. The van der Waals surface area contributed by atoms with Crippen LogP contribution in [0.15, 0.2) is 71.6 Å². The number of phenols is 1. The molecule has 7 nitrogen and oxygen atoms in total. The Morgan fingerprint density at radius 1 is 1.06 bits per heavy atom. The number of aromatic nitrogens is 1. The first-order valence-corrected chi connectivity index (χ1v) is 12.2. The molecule has 0 spiro atoms. The number of thiazole rings is 1. The lowest BCUT2D eigenvalue weighted by Gasteiger charge is -2.12. The van der Waals surface area contributed by atoms with E-state index in [0.717, 1.165) is 15.2 Å². The second-order valence-electron chi connectivity index (χ2n) is 6.92. The predicted molar refractivity (Wildman–Crippen MR) is 127 cm³/mol. The summed E-state index contributed by atoms with van der Waals surface area (Å²) < 4.78 is 28.9. The molecule has 0 saturated carbocycles. The highest BCUT2D eigenvalue weighted by atomic mass is 35.5. The minimum Gasteiger partial charge on any atom is -0.506 e. The van der Waals surface area contributed by atoms with Crippen molar-refractivity contribution in [2.45, 2.75) is 17.7 Å². The van der Waals surface area contributed by atoms with Crippen molar-refractivity contribution in [3.8, 4) is 5.75 Å². The van der Waals surface area contributed by atoms with Gasteiger partial charge in [-0.25, -0.2) is 13.4 Å². The summed E-state index contributed by atoms with van der Waals surface area (Å²) >= 11 is 7.42. The molecule has 0 aliphatic carbocycles. The zero-order chi connectivity index (χ0) is 22.7. The molecule has 32 heavy (non-hydrogen) atoms. The first kappa shape index (κ1) is 22.1. The Hall–Kier alpha value is -3.14. The smallest absolute Gasteiger partial charge is 0.261 e. The van der Waals surface area contributed by atoms with Crippen molar-refractivity contribution in [1.29, 1.82) is 0 Å². The third kappa shape index (κ3) is 5.18. The summed E-state index contributed by atoms with van der Waals surface area (Å²) in [5.74, 6) is -0.600. The number of rotatable bonds is 7. The fourth-order valence-electron chi connectivity index (χ4n) is 3.01. The molecule has 0 unspecified atom stereocenters. The number of carbonyl (C=O) groups excluding carboxylic acids is 1. The summed E-state index contributed by atoms with van der Waals surface area (Å²) in [6.07, 6.45) is 0.567. The van der Waals surface area contributed by atoms with Gasteiger partial charge in [-0.15, -0.1) is 11.3 Å². The zero-order valence-electron chi connectivity index (χ0n) is 16.6. The fourth-order valence-corrected chi connectivity index (χ4v) is 5.24. The van der Waals surface area contributed by atoms with Crippen molar-refractivity contribution < 1.29 is 18.3 Å². The standard InChI is InChI=1S/C22H18ClN3O4S2/c23-14-4-3-5-15(12-14)26-32(29,30)16-8-9-19(27)18(13-16)24-21(28)10-11-22-25-17-6-1-2-7-20(17)31-22/h1-9,12-13,26-27H,10-11H2,(H,24,28). The third-order valence-electron chi connectivity index (χ3n) is 4.53. The van der Waals surface area contributed by atoms with Crippen LogP contribution in [-0.2, 0) is 21.2 Å². The average molecular weight is 488 g/mol. The maximum atomic E-state index is 12.7. The number of nitrogens with one attached hydrogen (secondary N) is 2. The van der Waals surface area contributed by atoms with E-state index in [2.05, 4.69) is 15.0 Å². The number of anilines is 2. The molecule has 0 aliphatic heterocycles. The van der Waals surface area contributed by atoms with Gasteiger partial charge in [-0.3, -0.25) is 9.52 Å². The Balaban J connectivity index is 1.45. The number of halogens is 1. The monoisotopic (exact) mass is 487 g/mol. The van der Waals surface area contributed by atoms with Crippen molar-refractivity contribution in [2.24, 2.45) is 0 Å². The van der Waals surface area contributed by atoms with Crippen molar-refractivity contribution in [3.05, 3.63) is 76.8 Å². The lowest BCUT2D eigenvalue weighted by Crippen LogP contribution is -2.15. The summed E-state index contributed by atoms with van der Waals surface area (Å²) in [4.78, 5) is 16.8. The summed E-state index contributed by atoms with van der Waals surface area (Å²) in [7, 11) is -3.95. The zero-order valence-corrected chi connectivity index (χ0v) is 19.0. The molecule has 0 atom stereocenters. The number of nitrogens with zero attached hydrogens (tertiary/aromatic N) is 1. The van der Waals surface area contributed by atoms with Crippen LogP contribution in [0.4, 0.5) is 11.4 Å². The molecule has 0 radical (unpaired) electrons. The van der Waals surface area contributed by atoms with Crippen LogP contribution < -0.4 is 10.0 Å². The van der Waals surface area contributed by atoms with E-state index in [4.69, 9.17) is 11.6 Å². The van der Waals surface area contributed by atoms with Gasteiger partial charge in [0.05, 0.1) is 31.5 Å². The minimum absolute atomic E-state index is 0.00766. The molecule has 10 heteroatoms. The van der Waals surface area contributed by atoms with E-state index in [1.54, 1.807) is 18.2 Å². The topological polar surface area (TPSA) is 108 Å². The van der Waals surface area contributed by atoms with E-state index in [0.29, 0.717) is 17.1 Å². The molecule has 0 fully saturated rings. The molecule has 4 aromatic rings. The Kier molecular flexibility index (Phi) is 6.31. The van der Waals surface area contributed by atoms with Crippen LogP contribution in [0.2, 0.25) is 5.02 Å². The van der Waals surface area contributed by atoms with E-state index >= 15 is 0 Å². The first-order chi connectivity index (χ1) is 15.3. The number of hydrogen-bond donors (Lipinski definition) is 3. The van der Waals surface area contributed by atoms with Crippen LogP contribution in [0, 0.1) is 0 Å². The number of aryl methyl sites for hydroxylation is 1. The quantitative estimate of drug-likeness (QED) is 0.317. The number of sulfonamides is 1. The minimum atomic E-state index is -3.95. The van der Waals surface area contributed by atoms with Crippen LogP contribution in [0.5, 0.6) is 5.75 Å². The number of phenolic OH excluding ortho intramolecular Hbond substituents is 1. The molecule has 1 aromatic heterocycles. The lowest BCUT2D eigenvalue weighted by atomic mass is 10.2. The third-order valence-corrected chi connectivity index (χ3v) is 7.24. The Bertz CT molecular complexity index is 1370. The van der Waals surface area contributed by atoms with E-state index in [1.165, 1.54) is 35.6 Å². The van der Waals surface area contributed by atoms with Crippen LogP contribution in [0.1, 0.15) is 11.4 Å². The Morgan fingerprint density at radius 3 is 2.66 bits per heavy atom. The largest absolute Gasteiger partial charge is 0.506 e. The van der Waals surface area contributed by atoms with Gasteiger partial charge in [-0.2, -0.15) is 0 Å². The molecule has 0 saturated heterocycles. The molecule has 3 N–H and O–H groups in total. The van der Waals surface area contributed by atoms with Gasteiger partial charge in [0, 0.05) is 17.9 Å². The molecule has 1 amide bonds. The van der Waals surface area contributed by atoms with Crippen molar-refractivity contribution in [3.63, 3.8) is 0 Å². The van der Waals surface area contributed by atoms with Crippen LogP contribution in [0.25, 0.3) is 10.2 Å². The first-order valence-electron chi connectivity index (χ1n) is 9.56. The molecular weight excluding hydrogens is 470 g/mol. The van der Waals surface area contributed by atoms with Gasteiger partial charge in [0.25, 0.3) is 10.0 Å². The SMILES string of the molecule is O=C(CCc1nc2ccccc2s1)Nc1cc(S(=O)(=O)Nc2cccc(Cl)c2)ccc1O. The summed E-state index contributed by atoms with van der Waals surface area (Å²) in [6.45, 7) is 0. The van der Waals surface area contributed by atoms with Crippen LogP contribution >= 0.6 is 22.9 Å². The number of para-hydroxylation sites is 1. The molecule has 164 valence electrons. The number of carbonyl (C=O) groups is 1. The highest BCUT2D eigenvalue weighted by molar-refractivity contribution is 7.92. The van der Waals surface area contributed by atoms with Crippen molar-refractivity contribution in [2.75, 3.05) is 10.0 Å². The van der Waals surface area contributed by atoms with Gasteiger partial charge in [0.2, 0.25) is 5.91 Å². The average Bonchev–Trinajstić information content (AvgIpc) is 3.16. The van der Waals surface area contributed by atoms with Gasteiger partial charge in [0.1, 0.15) is 5.75 Å². The molecule has 0 aliphatic rings. The van der Waals surface area contributed by atoms with E-state index < -0.39 is 10.0 Å². The maximum absolute atomic E-state index is 12.7. The van der Waals surface area contributed by atoms with Crippen LogP contribution in [-0.4, -0.2) is 24.4 Å². The normalized spacial score (nSPS) is 11.4. The summed E-state index contributed by atoms with van der Waals surface area (Å²) in [5.41, 5.74) is 1.19. The van der Waals surface area contributed by atoms with Gasteiger partial charge in [-0.1, -0.05) is 29.8 Å². The number of aromatic hydroxyl groups is 1. The highest BCUT2D eigenvalue weighted by Crippen LogP contribution is 2.28. The fraction of sp³-hybridized carbons (Fsp3) is 0.0909. The molecule has 4 rings (SSSR count). The number of hydrogen-bond acceptors (Lipinski definition) is 6. The molecular formula is C22H18ClN3O4S2. The predicted octanol–water partition coefficient (Wildman–Crippen LogP) is 5.03. The van der Waals surface area contributed by atoms with Crippen molar-refractivity contribution in [1.82, 2.24) is 4.98 Å². The maximum Gasteiger partial charge on any atom is 0.261 e. The van der Waals surface area contributed by atoms with E-state index in [1.807, 2.05) is 24.3 Å². The van der Waals surface area contributed by atoms with Gasteiger partial charge >= 0.3 is 0 Å². The van der Waals surface area contributed by atoms with Gasteiger partial charge in [0.15, 0.2) is 0 Å². The molecule has 3 aromatic carbocycles. The van der Waals surface area contributed by atoms with E-state index in [-0.39, 0.29) is 28.7 Å². The van der Waals surface area contributed by atoms with Gasteiger partial charge < -0.3 is 10.4 Å². The summed E-state index contributed by atoms with van der Waals surface area (Å²) in [5, 5.41) is 13.9. The van der Waals surface area contributed by atoms with E-state index in [9.17, 15) is 18.3 Å². The molecule has 1 heterocycles. The number of fused-ring (bicyclic) bond motifs is 1. The Labute approximate surface area is 193 Å². The molecule has 0 bridgehead atoms. The highest BCUT2D eigenvalue weighted by Gasteiger charge is 2.18. The second kappa shape index (κ2) is 9.15. The number of benzene rings is 3. The van der Waals surface area contributed by atoms with Crippen molar-refractivity contribution >= 4 is 60.5 Å². The summed E-state index contributed by atoms with van der Waals surface area (Å²) in [6, 6.07) is 17.7. The lowest BCUT2D eigenvalue weighted by molar-refractivity contribution is -0.116. The van der Waals surface area contributed by atoms with Crippen LogP contribution in [0.3, 0.4) is 0 Å². The second-order valence-corrected chi connectivity index (χ2v) is 10.2. The van der Waals surface area contributed by atoms with Gasteiger partial charge in [-0.05, 0) is 48.5 Å².